The monoisotopic (exact) mass is 336 g/mol. The van der Waals surface area contributed by atoms with Crippen molar-refractivity contribution < 1.29 is 4.79 Å². The van der Waals surface area contributed by atoms with Gasteiger partial charge in [0.2, 0.25) is 0 Å². The zero-order valence-electron chi connectivity index (χ0n) is 13.6. The molecule has 0 aliphatic rings. The molecule has 1 aromatic carbocycles. The Morgan fingerprint density at radius 1 is 1.21 bits per heavy atom. The number of benzene rings is 1. The highest BCUT2D eigenvalue weighted by atomic mass is 32.1. The minimum absolute atomic E-state index is 0.269. The number of nitriles is 1. The van der Waals surface area contributed by atoms with Crippen LogP contribution in [0.15, 0.2) is 24.3 Å². The summed E-state index contributed by atoms with van der Waals surface area (Å²) in [6, 6.07) is 8.74. The lowest BCUT2D eigenvalue weighted by atomic mass is 10.1. The van der Waals surface area contributed by atoms with Crippen molar-refractivity contribution in [2.24, 2.45) is 0 Å². The summed E-state index contributed by atoms with van der Waals surface area (Å²) in [7, 11) is 0. The lowest BCUT2D eigenvalue weighted by Gasteiger charge is -2.06. The number of hydrogen-bond donors (Lipinski definition) is 2. The number of rotatable bonds is 2. The molecule has 120 valence electrons. The molecule has 3 rings (SSSR count). The number of aromatic nitrogens is 1. The molecule has 2 aromatic heterocycles. The number of hydrogen-bond acceptors (Lipinski definition) is 5. The average Bonchev–Trinajstić information content (AvgIpc) is 2.90. The van der Waals surface area contributed by atoms with Gasteiger partial charge in [0.25, 0.3) is 5.91 Å². The molecule has 0 aliphatic heterocycles. The summed E-state index contributed by atoms with van der Waals surface area (Å²) in [5.41, 5.74) is 10.9. The topological polar surface area (TPSA) is 91.8 Å². The number of aryl methyl sites for hydroxylation is 2. The van der Waals surface area contributed by atoms with E-state index in [0.29, 0.717) is 21.8 Å². The zero-order chi connectivity index (χ0) is 17.4. The first kappa shape index (κ1) is 16.0. The summed E-state index contributed by atoms with van der Waals surface area (Å²) in [5.74, 6) is -0.269. The molecule has 2 heterocycles. The van der Waals surface area contributed by atoms with Gasteiger partial charge in [-0.3, -0.25) is 4.79 Å². The summed E-state index contributed by atoms with van der Waals surface area (Å²) in [4.78, 5) is 18.3. The van der Waals surface area contributed by atoms with Gasteiger partial charge in [-0.2, -0.15) is 5.26 Å². The van der Waals surface area contributed by atoms with Gasteiger partial charge in [-0.25, -0.2) is 4.98 Å². The summed E-state index contributed by atoms with van der Waals surface area (Å²) in [6.07, 6.45) is 0. The number of anilines is 2. The Hall–Kier alpha value is -2.91. The summed E-state index contributed by atoms with van der Waals surface area (Å²) in [5, 5.41) is 12.5. The van der Waals surface area contributed by atoms with Crippen LogP contribution < -0.4 is 11.1 Å². The van der Waals surface area contributed by atoms with Gasteiger partial charge in [-0.05, 0) is 56.2 Å². The van der Waals surface area contributed by atoms with Crippen molar-refractivity contribution in [3.8, 4) is 6.07 Å². The van der Waals surface area contributed by atoms with Crippen LogP contribution in [-0.4, -0.2) is 10.9 Å². The van der Waals surface area contributed by atoms with Gasteiger partial charge in [-0.15, -0.1) is 11.3 Å². The Bertz CT molecular complexity index is 997. The lowest BCUT2D eigenvalue weighted by molar-refractivity contribution is 0.103. The van der Waals surface area contributed by atoms with E-state index in [1.807, 2.05) is 26.8 Å². The summed E-state index contributed by atoms with van der Waals surface area (Å²) in [6.45, 7) is 5.95. The molecular formula is C18H16N4OS. The third-order valence-electron chi connectivity index (χ3n) is 4.15. The van der Waals surface area contributed by atoms with Gasteiger partial charge in [0, 0.05) is 16.8 Å². The number of amides is 1. The van der Waals surface area contributed by atoms with Crippen LogP contribution in [0.25, 0.3) is 10.2 Å². The maximum absolute atomic E-state index is 12.6. The third kappa shape index (κ3) is 2.59. The number of nitrogens with zero attached hydrogens (tertiary/aromatic N) is 2. The number of fused-ring (bicyclic) bond motifs is 1. The van der Waals surface area contributed by atoms with E-state index < -0.39 is 0 Å². The number of thiophene rings is 1. The minimum Gasteiger partial charge on any atom is -0.397 e. The van der Waals surface area contributed by atoms with Gasteiger partial charge in [0.1, 0.15) is 9.71 Å². The van der Waals surface area contributed by atoms with E-state index in [1.54, 1.807) is 24.3 Å². The van der Waals surface area contributed by atoms with Crippen molar-refractivity contribution in [1.29, 1.82) is 5.26 Å². The highest BCUT2D eigenvalue weighted by Crippen LogP contribution is 2.36. The van der Waals surface area contributed by atoms with Gasteiger partial charge >= 0.3 is 0 Å². The molecule has 0 unspecified atom stereocenters. The molecule has 3 N–H and O–H groups in total. The van der Waals surface area contributed by atoms with Crippen LogP contribution in [0.5, 0.6) is 0 Å². The van der Waals surface area contributed by atoms with E-state index in [0.717, 1.165) is 27.0 Å². The van der Waals surface area contributed by atoms with Crippen molar-refractivity contribution >= 4 is 38.8 Å². The molecule has 0 fully saturated rings. The van der Waals surface area contributed by atoms with E-state index in [1.165, 1.54) is 11.3 Å². The van der Waals surface area contributed by atoms with E-state index in [-0.39, 0.29) is 5.91 Å². The fraction of sp³-hybridized carbons (Fsp3) is 0.167. The zero-order valence-corrected chi connectivity index (χ0v) is 14.4. The van der Waals surface area contributed by atoms with Crippen LogP contribution in [-0.2, 0) is 0 Å². The second kappa shape index (κ2) is 5.95. The second-order valence-electron chi connectivity index (χ2n) is 5.62. The second-order valence-corrected chi connectivity index (χ2v) is 6.61. The van der Waals surface area contributed by atoms with Gasteiger partial charge in [0.15, 0.2) is 0 Å². The third-order valence-corrected chi connectivity index (χ3v) is 5.25. The largest absolute Gasteiger partial charge is 0.397 e. The van der Waals surface area contributed by atoms with Crippen LogP contribution in [0, 0.1) is 32.1 Å². The smallest absolute Gasteiger partial charge is 0.267 e. The summed E-state index contributed by atoms with van der Waals surface area (Å²) < 4.78 is 0. The number of carbonyl (C=O) groups is 1. The molecule has 0 bridgehead atoms. The first-order chi connectivity index (χ1) is 11.4. The quantitative estimate of drug-likeness (QED) is 0.741. The van der Waals surface area contributed by atoms with Crippen molar-refractivity contribution in [3.05, 3.63) is 51.5 Å². The van der Waals surface area contributed by atoms with Crippen LogP contribution in [0.3, 0.4) is 0 Å². The number of nitrogens with two attached hydrogens (primary N) is 1. The predicted octanol–water partition coefficient (Wildman–Crippen LogP) is 3.93. The number of carbonyl (C=O) groups excluding carboxylic acids is 1. The van der Waals surface area contributed by atoms with Crippen molar-refractivity contribution in [1.82, 2.24) is 4.98 Å². The van der Waals surface area contributed by atoms with Crippen molar-refractivity contribution in [2.75, 3.05) is 11.1 Å². The fourth-order valence-electron chi connectivity index (χ4n) is 2.55. The molecule has 0 spiro atoms. The van der Waals surface area contributed by atoms with Crippen LogP contribution in [0.2, 0.25) is 0 Å². The predicted molar refractivity (Wildman–Crippen MR) is 97.4 cm³/mol. The molecule has 5 nitrogen and oxygen atoms in total. The van der Waals surface area contributed by atoms with Crippen molar-refractivity contribution in [2.45, 2.75) is 20.8 Å². The Labute approximate surface area is 143 Å². The number of nitrogen functional groups attached to an aromatic ring is 1. The van der Waals surface area contributed by atoms with E-state index in [2.05, 4.69) is 10.3 Å². The molecular weight excluding hydrogens is 320 g/mol. The SMILES string of the molecule is Cc1nc2sc(C(=O)Nc3ccc(C#N)cc3)c(N)c2c(C)c1C. The highest BCUT2D eigenvalue weighted by Gasteiger charge is 2.20. The molecule has 0 atom stereocenters. The van der Waals surface area contributed by atoms with Gasteiger partial charge in [-0.1, -0.05) is 0 Å². The molecule has 0 aliphatic carbocycles. The van der Waals surface area contributed by atoms with Crippen molar-refractivity contribution in [3.63, 3.8) is 0 Å². The fourth-order valence-corrected chi connectivity index (χ4v) is 3.65. The first-order valence-corrected chi connectivity index (χ1v) is 8.21. The Morgan fingerprint density at radius 2 is 1.88 bits per heavy atom. The van der Waals surface area contributed by atoms with Crippen LogP contribution >= 0.6 is 11.3 Å². The maximum atomic E-state index is 12.6. The lowest BCUT2D eigenvalue weighted by Crippen LogP contribution is -2.11. The maximum Gasteiger partial charge on any atom is 0.267 e. The highest BCUT2D eigenvalue weighted by molar-refractivity contribution is 7.21. The Kier molecular flexibility index (Phi) is 3.96. The molecule has 6 heteroatoms. The molecule has 0 radical (unpaired) electrons. The molecule has 0 saturated carbocycles. The summed E-state index contributed by atoms with van der Waals surface area (Å²) >= 11 is 1.30. The first-order valence-electron chi connectivity index (χ1n) is 7.39. The molecule has 24 heavy (non-hydrogen) atoms. The van der Waals surface area contributed by atoms with Gasteiger partial charge in [0.05, 0.1) is 17.3 Å². The van der Waals surface area contributed by atoms with Crippen LogP contribution in [0.1, 0.15) is 32.1 Å². The Morgan fingerprint density at radius 3 is 2.50 bits per heavy atom. The van der Waals surface area contributed by atoms with E-state index in [9.17, 15) is 4.79 Å². The van der Waals surface area contributed by atoms with Gasteiger partial charge < -0.3 is 11.1 Å². The normalized spacial score (nSPS) is 10.6. The number of nitrogens with one attached hydrogen (secondary N) is 1. The molecule has 1 amide bonds. The average molecular weight is 336 g/mol. The van der Waals surface area contributed by atoms with Crippen LogP contribution in [0.4, 0.5) is 11.4 Å². The number of pyridine rings is 1. The standard InChI is InChI=1S/C18H16N4OS/c1-9-10(2)14-15(20)16(24-18(14)21-11(9)3)17(23)22-13-6-4-12(8-19)5-7-13/h4-7H,20H2,1-3H3,(H,22,23). The minimum atomic E-state index is -0.269. The molecule has 3 aromatic rings. The molecule has 0 saturated heterocycles. The Balaban J connectivity index is 1.99. The van der Waals surface area contributed by atoms with E-state index >= 15 is 0 Å². The van der Waals surface area contributed by atoms with E-state index in [4.69, 9.17) is 11.0 Å².